The van der Waals surface area contributed by atoms with Crippen LogP contribution in [0.1, 0.15) is 58.2 Å². The Morgan fingerprint density at radius 1 is 0.944 bits per heavy atom. The SMILES string of the molecule is C=Cc1ccccc1COc1cc(F)ccc1CN=C(NC(=O)OC(C)(C)C)NC(=O)OC(C)(C)C. The van der Waals surface area contributed by atoms with Gasteiger partial charge < -0.3 is 14.2 Å². The monoisotopic (exact) mass is 499 g/mol. The van der Waals surface area contributed by atoms with Crippen molar-refractivity contribution < 1.29 is 28.2 Å². The molecule has 9 heteroatoms. The largest absolute Gasteiger partial charge is 0.488 e. The summed E-state index contributed by atoms with van der Waals surface area (Å²) in [5.41, 5.74) is 0.785. The van der Waals surface area contributed by atoms with Gasteiger partial charge in [-0.1, -0.05) is 43.0 Å². The van der Waals surface area contributed by atoms with Crippen molar-refractivity contribution in [2.45, 2.75) is 65.9 Å². The second-order valence-corrected chi connectivity index (χ2v) is 9.86. The average molecular weight is 500 g/mol. The molecular formula is C27H34FN3O5. The van der Waals surface area contributed by atoms with Crippen molar-refractivity contribution in [1.82, 2.24) is 10.6 Å². The average Bonchev–Trinajstić information content (AvgIpc) is 2.74. The maximum atomic E-state index is 14.0. The molecule has 0 aliphatic carbocycles. The number of nitrogens with one attached hydrogen (secondary N) is 2. The summed E-state index contributed by atoms with van der Waals surface area (Å²) in [6, 6.07) is 11.6. The quantitative estimate of drug-likeness (QED) is 0.378. The molecule has 0 fully saturated rings. The molecule has 0 heterocycles. The Morgan fingerprint density at radius 2 is 1.53 bits per heavy atom. The second-order valence-electron chi connectivity index (χ2n) is 9.86. The predicted molar refractivity (Wildman–Crippen MR) is 137 cm³/mol. The lowest BCUT2D eigenvalue weighted by molar-refractivity contribution is 0.0545. The van der Waals surface area contributed by atoms with Gasteiger partial charge in [-0.15, -0.1) is 0 Å². The van der Waals surface area contributed by atoms with Gasteiger partial charge in [0.25, 0.3) is 0 Å². The number of alkyl carbamates (subject to hydrolysis) is 2. The lowest BCUT2D eigenvalue weighted by Gasteiger charge is -2.22. The van der Waals surface area contributed by atoms with Gasteiger partial charge in [0.2, 0.25) is 5.96 Å². The number of hydrogen-bond donors (Lipinski definition) is 2. The first-order valence-corrected chi connectivity index (χ1v) is 11.4. The Kier molecular flexibility index (Phi) is 9.60. The first kappa shape index (κ1) is 28.4. The zero-order valence-corrected chi connectivity index (χ0v) is 21.6. The molecule has 0 saturated carbocycles. The number of halogens is 1. The van der Waals surface area contributed by atoms with Crippen LogP contribution in [-0.4, -0.2) is 29.3 Å². The van der Waals surface area contributed by atoms with E-state index in [1.165, 1.54) is 18.2 Å². The summed E-state index contributed by atoms with van der Waals surface area (Å²) in [5, 5.41) is 4.83. The number of carbonyl (C=O) groups is 2. The summed E-state index contributed by atoms with van der Waals surface area (Å²) in [5.74, 6) is -0.397. The molecule has 2 aromatic rings. The summed E-state index contributed by atoms with van der Waals surface area (Å²) in [6.07, 6.45) is 0.0923. The van der Waals surface area contributed by atoms with Gasteiger partial charge in [-0.3, -0.25) is 10.6 Å². The van der Waals surface area contributed by atoms with Gasteiger partial charge in [-0.05, 0) is 58.7 Å². The second kappa shape index (κ2) is 12.2. The van der Waals surface area contributed by atoms with Crippen molar-refractivity contribution in [2.75, 3.05) is 0 Å². The molecule has 2 rings (SSSR count). The molecule has 36 heavy (non-hydrogen) atoms. The number of aliphatic imine (C=N–C) groups is 1. The lowest BCUT2D eigenvalue weighted by Crippen LogP contribution is -2.47. The number of amides is 2. The number of ether oxygens (including phenoxy) is 3. The Balaban J connectivity index is 2.25. The highest BCUT2D eigenvalue weighted by Crippen LogP contribution is 2.23. The van der Waals surface area contributed by atoms with Gasteiger partial charge in [0, 0.05) is 11.6 Å². The first-order valence-electron chi connectivity index (χ1n) is 11.4. The van der Waals surface area contributed by atoms with E-state index in [1.54, 1.807) is 47.6 Å². The number of benzene rings is 2. The fraction of sp³-hybridized carbons (Fsp3) is 0.370. The smallest absolute Gasteiger partial charge is 0.414 e. The minimum atomic E-state index is -0.811. The van der Waals surface area contributed by atoms with E-state index < -0.39 is 29.2 Å². The molecule has 0 aliphatic rings. The van der Waals surface area contributed by atoms with E-state index in [4.69, 9.17) is 14.2 Å². The zero-order valence-electron chi connectivity index (χ0n) is 21.6. The minimum Gasteiger partial charge on any atom is -0.488 e. The van der Waals surface area contributed by atoms with Crippen molar-refractivity contribution in [3.63, 3.8) is 0 Å². The van der Waals surface area contributed by atoms with Crippen molar-refractivity contribution in [3.05, 3.63) is 71.6 Å². The normalized spacial score (nSPS) is 11.2. The third kappa shape index (κ3) is 10.2. The van der Waals surface area contributed by atoms with Crippen LogP contribution in [0.3, 0.4) is 0 Å². The van der Waals surface area contributed by atoms with E-state index in [1.807, 2.05) is 24.3 Å². The molecule has 2 amide bonds. The minimum absolute atomic E-state index is 0.0420. The summed E-state index contributed by atoms with van der Waals surface area (Å²) in [6.45, 7) is 14.2. The van der Waals surface area contributed by atoms with Crippen LogP contribution in [0.4, 0.5) is 14.0 Å². The van der Waals surface area contributed by atoms with E-state index in [9.17, 15) is 14.0 Å². The van der Waals surface area contributed by atoms with Crippen molar-refractivity contribution >= 4 is 24.2 Å². The molecule has 0 bridgehead atoms. The van der Waals surface area contributed by atoms with Crippen molar-refractivity contribution in [3.8, 4) is 5.75 Å². The zero-order chi connectivity index (χ0) is 26.9. The number of guanidine groups is 1. The Labute approximate surface area is 211 Å². The fourth-order valence-electron chi connectivity index (χ4n) is 2.89. The molecule has 8 nitrogen and oxygen atoms in total. The summed E-state index contributed by atoms with van der Waals surface area (Å²) in [4.78, 5) is 28.9. The highest BCUT2D eigenvalue weighted by atomic mass is 19.1. The van der Waals surface area contributed by atoms with Crippen LogP contribution in [0.2, 0.25) is 0 Å². The van der Waals surface area contributed by atoms with Crippen LogP contribution in [0, 0.1) is 5.82 Å². The molecule has 2 aromatic carbocycles. The van der Waals surface area contributed by atoms with Crippen LogP contribution >= 0.6 is 0 Å². The molecular weight excluding hydrogens is 465 g/mol. The van der Waals surface area contributed by atoms with Crippen LogP contribution in [0.25, 0.3) is 6.08 Å². The number of rotatable bonds is 6. The summed E-state index contributed by atoms with van der Waals surface area (Å²) in [7, 11) is 0. The lowest BCUT2D eigenvalue weighted by atomic mass is 10.1. The standard InChI is InChI=1S/C27H34FN3O5/c1-8-18-11-9-10-12-20(18)17-34-22-15-21(28)14-13-19(22)16-29-23(30-24(32)35-26(2,3)4)31-25(33)36-27(5,6)7/h8-15H,1,16-17H2,2-7H3,(H2,29,30,31,32,33). The molecule has 0 aromatic heterocycles. The van der Waals surface area contributed by atoms with Gasteiger partial charge in [-0.2, -0.15) is 0 Å². The first-order chi connectivity index (χ1) is 16.8. The van der Waals surface area contributed by atoms with E-state index in [-0.39, 0.29) is 24.9 Å². The van der Waals surface area contributed by atoms with E-state index in [0.29, 0.717) is 5.56 Å². The van der Waals surface area contributed by atoms with Gasteiger partial charge in [0.15, 0.2) is 0 Å². The molecule has 0 atom stereocenters. The third-order valence-electron chi connectivity index (χ3n) is 4.33. The molecule has 2 N–H and O–H groups in total. The number of carbonyl (C=O) groups excluding carboxylic acids is 2. The summed E-state index contributed by atoms with van der Waals surface area (Å²) >= 11 is 0. The van der Waals surface area contributed by atoms with Crippen LogP contribution in [0.5, 0.6) is 5.75 Å². The van der Waals surface area contributed by atoms with Gasteiger partial charge in [-0.25, -0.2) is 19.0 Å². The van der Waals surface area contributed by atoms with E-state index >= 15 is 0 Å². The maximum Gasteiger partial charge on any atom is 0.414 e. The predicted octanol–water partition coefficient (Wildman–Crippen LogP) is 5.95. The number of hydrogen-bond acceptors (Lipinski definition) is 6. The molecule has 0 unspecified atom stereocenters. The van der Waals surface area contributed by atoms with Crippen molar-refractivity contribution in [2.24, 2.45) is 4.99 Å². The fourth-order valence-corrected chi connectivity index (χ4v) is 2.89. The van der Waals surface area contributed by atoms with Crippen molar-refractivity contribution in [1.29, 1.82) is 0 Å². The van der Waals surface area contributed by atoms with Gasteiger partial charge in [0.05, 0.1) is 6.54 Å². The highest BCUT2D eigenvalue weighted by Gasteiger charge is 2.21. The van der Waals surface area contributed by atoms with Gasteiger partial charge >= 0.3 is 12.2 Å². The Hall–Kier alpha value is -3.88. The molecule has 0 radical (unpaired) electrons. The highest BCUT2D eigenvalue weighted by molar-refractivity contribution is 6.01. The van der Waals surface area contributed by atoms with Gasteiger partial charge in [0.1, 0.15) is 29.4 Å². The topological polar surface area (TPSA) is 98.3 Å². The Morgan fingerprint density at radius 3 is 2.08 bits per heavy atom. The number of nitrogens with zero attached hydrogens (tertiary/aromatic N) is 1. The van der Waals surface area contributed by atoms with Crippen LogP contribution in [0.15, 0.2) is 54.0 Å². The third-order valence-corrected chi connectivity index (χ3v) is 4.33. The summed E-state index contributed by atoms with van der Waals surface area (Å²) < 4.78 is 30.4. The van der Waals surface area contributed by atoms with E-state index in [2.05, 4.69) is 22.2 Å². The molecule has 0 saturated heterocycles. The van der Waals surface area contributed by atoms with Crippen LogP contribution < -0.4 is 15.4 Å². The Bertz CT molecular complexity index is 1090. The molecule has 194 valence electrons. The maximum absolute atomic E-state index is 14.0. The molecule has 0 spiro atoms. The molecule has 0 aliphatic heterocycles. The van der Waals surface area contributed by atoms with Crippen LogP contribution in [-0.2, 0) is 22.6 Å². The van der Waals surface area contributed by atoms with E-state index in [0.717, 1.165) is 11.1 Å².